The molecule has 0 unspecified atom stereocenters. The summed E-state index contributed by atoms with van der Waals surface area (Å²) in [7, 11) is 3.73. The smallest absolute Gasteiger partial charge is 0.185 e. The molecule has 19 heavy (non-hydrogen) atoms. The van der Waals surface area contributed by atoms with Gasteiger partial charge < -0.3 is 9.64 Å². The van der Waals surface area contributed by atoms with E-state index in [4.69, 9.17) is 4.74 Å². The van der Waals surface area contributed by atoms with Gasteiger partial charge in [0.15, 0.2) is 10.9 Å². The zero-order valence-electron chi connectivity index (χ0n) is 12.2. The van der Waals surface area contributed by atoms with Crippen LogP contribution in [0.5, 0.6) is 0 Å². The molecule has 0 radical (unpaired) electrons. The normalized spacial score (nSPS) is 17.4. The van der Waals surface area contributed by atoms with Crippen molar-refractivity contribution in [3.05, 3.63) is 10.6 Å². The predicted octanol–water partition coefficient (Wildman–Crippen LogP) is 2.77. The van der Waals surface area contributed by atoms with E-state index in [0.717, 1.165) is 41.7 Å². The zero-order chi connectivity index (χ0) is 14.0. The van der Waals surface area contributed by atoms with Crippen LogP contribution in [0.3, 0.4) is 0 Å². The average Bonchev–Trinajstić information content (AvgIpc) is 2.71. The maximum absolute atomic E-state index is 12.1. The molecule has 1 aliphatic carbocycles. The standard InChI is InChI=1S/C14H22N2O2S/c1-14(2)8-10-12(11(17)9-14)19-13(15-10)16(3)6-5-7-18-4/h5-9H2,1-4H3. The number of carbonyl (C=O) groups excluding carboxylic acids is 1. The average molecular weight is 282 g/mol. The Bertz CT molecular complexity index is 468. The van der Waals surface area contributed by atoms with E-state index in [2.05, 4.69) is 23.7 Å². The number of methoxy groups -OCH3 is 1. The minimum absolute atomic E-state index is 0.0457. The Labute approximate surface area is 118 Å². The number of thiazole rings is 1. The first-order valence-electron chi connectivity index (χ1n) is 6.66. The molecule has 2 rings (SSSR count). The second kappa shape index (κ2) is 5.59. The quantitative estimate of drug-likeness (QED) is 0.779. The largest absolute Gasteiger partial charge is 0.385 e. The minimum atomic E-state index is 0.0457. The minimum Gasteiger partial charge on any atom is -0.385 e. The molecule has 1 heterocycles. The first kappa shape index (κ1) is 14.5. The van der Waals surface area contributed by atoms with Gasteiger partial charge in [0.25, 0.3) is 0 Å². The van der Waals surface area contributed by atoms with E-state index in [1.807, 2.05) is 7.05 Å². The summed E-state index contributed by atoms with van der Waals surface area (Å²) < 4.78 is 5.06. The second-order valence-corrected chi connectivity index (χ2v) is 6.96. The highest BCUT2D eigenvalue weighted by Gasteiger charge is 2.34. The topological polar surface area (TPSA) is 42.4 Å². The number of rotatable bonds is 5. The summed E-state index contributed by atoms with van der Waals surface area (Å²) in [5.41, 5.74) is 1.03. The fourth-order valence-electron chi connectivity index (χ4n) is 2.41. The van der Waals surface area contributed by atoms with Crippen LogP contribution >= 0.6 is 11.3 Å². The van der Waals surface area contributed by atoms with Crippen LogP contribution in [0.15, 0.2) is 0 Å². The molecule has 0 fully saturated rings. The summed E-state index contributed by atoms with van der Waals surface area (Å²) >= 11 is 1.53. The lowest BCUT2D eigenvalue weighted by molar-refractivity contribution is 0.0916. The number of aromatic nitrogens is 1. The van der Waals surface area contributed by atoms with Crippen molar-refractivity contribution >= 4 is 22.3 Å². The molecule has 0 atom stereocenters. The number of nitrogens with zero attached hydrogens (tertiary/aromatic N) is 2. The Kier molecular flexibility index (Phi) is 4.26. The summed E-state index contributed by atoms with van der Waals surface area (Å²) in [5.74, 6) is 0.250. The Morgan fingerprint density at radius 3 is 2.84 bits per heavy atom. The SMILES string of the molecule is COCCCN(C)c1nc2c(s1)C(=O)CC(C)(C)C2. The van der Waals surface area contributed by atoms with Crippen LogP contribution in [-0.2, 0) is 11.2 Å². The van der Waals surface area contributed by atoms with Crippen molar-refractivity contribution in [2.45, 2.75) is 33.1 Å². The van der Waals surface area contributed by atoms with Crippen LogP contribution < -0.4 is 4.90 Å². The maximum atomic E-state index is 12.1. The lowest BCUT2D eigenvalue weighted by atomic mass is 9.78. The molecule has 0 saturated carbocycles. The number of fused-ring (bicyclic) bond motifs is 1. The van der Waals surface area contributed by atoms with Gasteiger partial charge in [-0.3, -0.25) is 4.79 Å². The summed E-state index contributed by atoms with van der Waals surface area (Å²) in [5, 5.41) is 0.951. The van der Waals surface area contributed by atoms with Crippen LogP contribution in [0.4, 0.5) is 5.13 Å². The number of hydrogen-bond donors (Lipinski definition) is 0. The maximum Gasteiger partial charge on any atom is 0.185 e. The Hall–Kier alpha value is -0.940. The Morgan fingerprint density at radius 1 is 1.42 bits per heavy atom. The fourth-order valence-corrected chi connectivity index (χ4v) is 3.42. The molecule has 5 heteroatoms. The second-order valence-electron chi connectivity index (χ2n) is 5.98. The molecule has 0 aromatic carbocycles. The first-order chi connectivity index (χ1) is 8.93. The fraction of sp³-hybridized carbons (Fsp3) is 0.714. The molecular formula is C14H22N2O2S. The molecule has 106 valence electrons. The summed E-state index contributed by atoms with van der Waals surface area (Å²) in [6.07, 6.45) is 2.50. The van der Waals surface area contributed by atoms with Gasteiger partial charge in [0.1, 0.15) is 0 Å². The van der Waals surface area contributed by atoms with Crippen LogP contribution in [0.2, 0.25) is 0 Å². The van der Waals surface area contributed by atoms with Crippen LogP contribution in [0, 0.1) is 5.41 Å². The van der Waals surface area contributed by atoms with Gasteiger partial charge in [0, 0.05) is 33.7 Å². The van der Waals surface area contributed by atoms with Crippen molar-refractivity contribution in [2.75, 3.05) is 32.2 Å². The van der Waals surface area contributed by atoms with E-state index in [1.54, 1.807) is 7.11 Å². The lowest BCUT2D eigenvalue weighted by Crippen LogP contribution is -2.26. The van der Waals surface area contributed by atoms with Gasteiger partial charge in [0.2, 0.25) is 0 Å². The molecule has 1 aromatic rings. The van der Waals surface area contributed by atoms with Gasteiger partial charge in [-0.2, -0.15) is 0 Å². The Balaban J connectivity index is 2.12. The number of ketones is 1. The summed E-state index contributed by atoms with van der Waals surface area (Å²) in [4.78, 5) is 19.8. The van der Waals surface area contributed by atoms with Crippen molar-refractivity contribution in [1.29, 1.82) is 0 Å². The van der Waals surface area contributed by atoms with E-state index in [0.29, 0.717) is 6.42 Å². The van der Waals surface area contributed by atoms with Gasteiger partial charge in [-0.1, -0.05) is 25.2 Å². The number of Topliss-reactive ketones (excluding diaryl/α,β-unsaturated/α-hetero) is 1. The highest BCUT2D eigenvalue weighted by Crippen LogP contribution is 2.38. The van der Waals surface area contributed by atoms with Crippen molar-refractivity contribution in [3.63, 3.8) is 0 Å². The molecule has 0 N–H and O–H groups in total. The van der Waals surface area contributed by atoms with Crippen LogP contribution in [-0.4, -0.2) is 38.1 Å². The van der Waals surface area contributed by atoms with E-state index in [9.17, 15) is 4.79 Å². The van der Waals surface area contributed by atoms with Gasteiger partial charge in [-0.25, -0.2) is 4.98 Å². The van der Waals surface area contributed by atoms with E-state index >= 15 is 0 Å². The third-order valence-electron chi connectivity index (χ3n) is 3.39. The zero-order valence-corrected chi connectivity index (χ0v) is 13.0. The monoisotopic (exact) mass is 282 g/mol. The molecular weight excluding hydrogens is 260 g/mol. The number of hydrogen-bond acceptors (Lipinski definition) is 5. The van der Waals surface area contributed by atoms with Crippen molar-refractivity contribution < 1.29 is 9.53 Å². The third kappa shape index (κ3) is 3.34. The molecule has 1 aliphatic rings. The first-order valence-corrected chi connectivity index (χ1v) is 7.47. The van der Waals surface area contributed by atoms with Gasteiger partial charge in [0.05, 0.1) is 10.6 Å². The third-order valence-corrected chi connectivity index (χ3v) is 4.65. The van der Waals surface area contributed by atoms with Crippen LogP contribution in [0.25, 0.3) is 0 Å². The van der Waals surface area contributed by atoms with Crippen LogP contribution in [0.1, 0.15) is 42.1 Å². The van der Waals surface area contributed by atoms with Crippen molar-refractivity contribution in [2.24, 2.45) is 5.41 Å². The molecule has 0 saturated heterocycles. The number of anilines is 1. The van der Waals surface area contributed by atoms with E-state index in [1.165, 1.54) is 11.3 Å². The highest BCUT2D eigenvalue weighted by molar-refractivity contribution is 7.17. The number of ether oxygens (including phenoxy) is 1. The van der Waals surface area contributed by atoms with Gasteiger partial charge >= 0.3 is 0 Å². The van der Waals surface area contributed by atoms with Gasteiger partial charge in [-0.05, 0) is 18.3 Å². The Morgan fingerprint density at radius 2 is 2.16 bits per heavy atom. The number of carbonyl (C=O) groups is 1. The molecule has 0 bridgehead atoms. The molecule has 4 nitrogen and oxygen atoms in total. The lowest BCUT2D eigenvalue weighted by Gasteiger charge is -2.26. The highest BCUT2D eigenvalue weighted by atomic mass is 32.1. The summed E-state index contributed by atoms with van der Waals surface area (Å²) in [6.45, 7) is 5.92. The molecule has 1 aromatic heterocycles. The molecule has 0 amide bonds. The van der Waals surface area contributed by atoms with Crippen molar-refractivity contribution in [1.82, 2.24) is 4.98 Å². The van der Waals surface area contributed by atoms with E-state index in [-0.39, 0.29) is 11.2 Å². The molecule has 0 spiro atoms. The van der Waals surface area contributed by atoms with Gasteiger partial charge in [-0.15, -0.1) is 0 Å². The molecule has 0 aliphatic heterocycles. The predicted molar refractivity (Wildman–Crippen MR) is 78.3 cm³/mol. The van der Waals surface area contributed by atoms with E-state index < -0.39 is 0 Å². The summed E-state index contributed by atoms with van der Waals surface area (Å²) in [6, 6.07) is 0. The van der Waals surface area contributed by atoms with Crippen molar-refractivity contribution in [3.8, 4) is 0 Å².